The number of hydrogen-bond donors (Lipinski definition) is 0. The molecule has 2 aromatic carbocycles. The lowest BCUT2D eigenvalue weighted by Crippen LogP contribution is -2.31. The monoisotopic (exact) mass is 393 g/mol. The van der Waals surface area contributed by atoms with E-state index in [0.717, 1.165) is 36.9 Å². The van der Waals surface area contributed by atoms with Crippen LogP contribution in [0.1, 0.15) is 35.2 Å². The van der Waals surface area contributed by atoms with E-state index in [1.54, 1.807) is 43.5 Å². The van der Waals surface area contributed by atoms with Crippen molar-refractivity contribution in [3.63, 3.8) is 0 Å². The highest BCUT2D eigenvalue weighted by Crippen LogP contribution is 2.28. The van der Waals surface area contributed by atoms with Crippen molar-refractivity contribution in [3.8, 4) is 11.5 Å². The number of esters is 1. The molecule has 152 valence electrons. The first-order valence-electron chi connectivity index (χ1n) is 9.82. The molecule has 1 atom stereocenters. The van der Waals surface area contributed by atoms with Crippen LogP contribution in [0.2, 0.25) is 0 Å². The fraction of sp³-hybridized carbons (Fsp3) is 0.333. The molecule has 0 saturated heterocycles. The summed E-state index contributed by atoms with van der Waals surface area (Å²) in [6.45, 7) is 0.788. The maximum absolute atomic E-state index is 12.7. The van der Waals surface area contributed by atoms with Gasteiger partial charge < -0.3 is 14.4 Å². The Morgan fingerprint density at radius 3 is 2.34 bits per heavy atom. The zero-order valence-corrected chi connectivity index (χ0v) is 17.2. The molecule has 1 saturated carbocycles. The number of ether oxygens (including phenoxy) is 2. The highest BCUT2D eigenvalue weighted by molar-refractivity contribution is 6.01. The standard InChI is InChI=1S/C24H27NO4/c1-25(2)16-20-6-4-5-19(23(20)26)15-17-7-11-22(12-8-17)29-24(27)18-9-13-21(28-3)14-10-18/h7-15,20H,4-6,16H2,1-3H3/b19-15+. The van der Waals surface area contributed by atoms with Crippen LogP contribution in [0.3, 0.4) is 0 Å². The van der Waals surface area contributed by atoms with Gasteiger partial charge in [-0.25, -0.2) is 4.79 Å². The summed E-state index contributed by atoms with van der Waals surface area (Å²) < 4.78 is 10.5. The van der Waals surface area contributed by atoms with Gasteiger partial charge in [-0.05, 0) is 87.0 Å². The van der Waals surface area contributed by atoms with Gasteiger partial charge in [-0.3, -0.25) is 4.79 Å². The van der Waals surface area contributed by atoms with Gasteiger partial charge in [-0.1, -0.05) is 12.1 Å². The zero-order valence-electron chi connectivity index (χ0n) is 17.2. The van der Waals surface area contributed by atoms with E-state index in [1.807, 2.05) is 32.3 Å². The molecule has 5 nitrogen and oxygen atoms in total. The predicted octanol–water partition coefficient (Wildman–Crippen LogP) is 4.23. The molecule has 29 heavy (non-hydrogen) atoms. The van der Waals surface area contributed by atoms with Crippen molar-refractivity contribution >= 4 is 17.8 Å². The van der Waals surface area contributed by atoms with Crippen LogP contribution < -0.4 is 9.47 Å². The smallest absolute Gasteiger partial charge is 0.343 e. The van der Waals surface area contributed by atoms with Crippen molar-refractivity contribution in [2.75, 3.05) is 27.7 Å². The van der Waals surface area contributed by atoms with Crippen LogP contribution in [0.15, 0.2) is 54.1 Å². The Kier molecular flexibility index (Phi) is 6.83. The van der Waals surface area contributed by atoms with Gasteiger partial charge in [0.25, 0.3) is 0 Å². The summed E-state index contributed by atoms with van der Waals surface area (Å²) in [5.41, 5.74) is 2.27. The third-order valence-corrected chi connectivity index (χ3v) is 5.03. The Balaban J connectivity index is 1.65. The van der Waals surface area contributed by atoms with Gasteiger partial charge in [-0.2, -0.15) is 0 Å². The van der Waals surface area contributed by atoms with Crippen LogP contribution in [0.4, 0.5) is 0 Å². The Bertz CT molecular complexity index is 882. The van der Waals surface area contributed by atoms with Gasteiger partial charge in [-0.15, -0.1) is 0 Å². The van der Waals surface area contributed by atoms with E-state index in [0.29, 0.717) is 17.1 Å². The van der Waals surface area contributed by atoms with Gasteiger partial charge in [0.1, 0.15) is 11.5 Å². The molecule has 1 unspecified atom stereocenters. The largest absolute Gasteiger partial charge is 0.497 e. The first-order chi connectivity index (χ1) is 14.0. The quantitative estimate of drug-likeness (QED) is 0.418. The second-order valence-corrected chi connectivity index (χ2v) is 7.57. The third kappa shape index (κ3) is 5.55. The normalized spacial score (nSPS) is 18.1. The summed E-state index contributed by atoms with van der Waals surface area (Å²) in [7, 11) is 5.57. The second-order valence-electron chi connectivity index (χ2n) is 7.57. The van der Waals surface area contributed by atoms with E-state index >= 15 is 0 Å². The van der Waals surface area contributed by atoms with Crippen molar-refractivity contribution in [3.05, 3.63) is 65.2 Å². The number of rotatable bonds is 6. The fourth-order valence-corrected chi connectivity index (χ4v) is 3.54. The molecule has 0 amide bonds. The van der Waals surface area contributed by atoms with Crippen LogP contribution in [0.5, 0.6) is 11.5 Å². The second kappa shape index (κ2) is 9.52. The molecule has 1 fully saturated rings. The van der Waals surface area contributed by atoms with E-state index in [-0.39, 0.29) is 11.7 Å². The minimum absolute atomic E-state index is 0.0784. The van der Waals surface area contributed by atoms with Crippen LogP contribution in [0.25, 0.3) is 6.08 Å². The van der Waals surface area contributed by atoms with E-state index < -0.39 is 5.97 Å². The van der Waals surface area contributed by atoms with E-state index in [2.05, 4.69) is 4.90 Å². The van der Waals surface area contributed by atoms with Crippen molar-refractivity contribution in [1.82, 2.24) is 4.90 Å². The number of nitrogens with zero attached hydrogens (tertiary/aromatic N) is 1. The number of hydrogen-bond acceptors (Lipinski definition) is 5. The number of allylic oxidation sites excluding steroid dienone is 1. The van der Waals surface area contributed by atoms with Crippen LogP contribution >= 0.6 is 0 Å². The molecule has 2 aromatic rings. The fourth-order valence-electron chi connectivity index (χ4n) is 3.54. The van der Waals surface area contributed by atoms with Crippen LogP contribution in [0, 0.1) is 5.92 Å². The third-order valence-electron chi connectivity index (χ3n) is 5.03. The summed E-state index contributed by atoms with van der Waals surface area (Å²) in [6.07, 6.45) is 4.76. The Labute approximate surface area is 171 Å². The average molecular weight is 393 g/mol. The Hall–Kier alpha value is -2.92. The van der Waals surface area contributed by atoms with E-state index in [1.165, 1.54) is 0 Å². The number of Topliss-reactive ketones (excluding diaryl/α,β-unsaturated/α-hetero) is 1. The van der Waals surface area contributed by atoms with Crippen molar-refractivity contribution in [1.29, 1.82) is 0 Å². The molecule has 3 rings (SSSR count). The molecule has 0 aliphatic heterocycles. The van der Waals surface area contributed by atoms with E-state index in [9.17, 15) is 9.59 Å². The Morgan fingerprint density at radius 1 is 1.07 bits per heavy atom. The van der Waals surface area contributed by atoms with Gasteiger partial charge >= 0.3 is 5.97 Å². The number of carbonyl (C=O) groups is 2. The Morgan fingerprint density at radius 2 is 1.72 bits per heavy atom. The molecular formula is C24H27NO4. The van der Waals surface area contributed by atoms with Gasteiger partial charge in [0.15, 0.2) is 5.78 Å². The van der Waals surface area contributed by atoms with E-state index in [4.69, 9.17) is 9.47 Å². The summed E-state index contributed by atoms with van der Waals surface area (Å²) >= 11 is 0. The predicted molar refractivity (Wildman–Crippen MR) is 113 cm³/mol. The van der Waals surface area contributed by atoms with Crippen LogP contribution in [-0.2, 0) is 4.79 Å². The van der Waals surface area contributed by atoms with Crippen molar-refractivity contribution < 1.29 is 19.1 Å². The molecule has 0 heterocycles. The highest BCUT2D eigenvalue weighted by Gasteiger charge is 2.26. The molecule has 0 N–H and O–H groups in total. The zero-order chi connectivity index (χ0) is 20.8. The topological polar surface area (TPSA) is 55.8 Å². The van der Waals surface area contributed by atoms with Gasteiger partial charge in [0.05, 0.1) is 12.7 Å². The summed E-state index contributed by atoms with van der Waals surface area (Å²) in [5.74, 6) is 1.06. The van der Waals surface area contributed by atoms with Gasteiger partial charge in [0, 0.05) is 12.5 Å². The molecule has 5 heteroatoms. The minimum atomic E-state index is -0.423. The number of benzene rings is 2. The maximum atomic E-state index is 12.7. The molecule has 1 aliphatic carbocycles. The first kappa shape index (κ1) is 20.8. The first-order valence-corrected chi connectivity index (χ1v) is 9.82. The minimum Gasteiger partial charge on any atom is -0.497 e. The molecule has 0 radical (unpaired) electrons. The molecule has 0 spiro atoms. The molecule has 0 bridgehead atoms. The average Bonchev–Trinajstić information content (AvgIpc) is 2.72. The van der Waals surface area contributed by atoms with Crippen LogP contribution in [-0.4, -0.2) is 44.4 Å². The highest BCUT2D eigenvalue weighted by atomic mass is 16.5. The number of ketones is 1. The number of carbonyl (C=O) groups excluding carboxylic acids is 2. The number of methoxy groups -OCH3 is 1. The summed E-state index contributed by atoms with van der Waals surface area (Å²) in [5, 5.41) is 0. The lowest BCUT2D eigenvalue weighted by Gasteiger charge is -2.25. The molecule has 1 aliphatic rings. The van der Waals surface area contributed by atoms with Gasteiger partial charge in [0.2, 0.25) is 0 Å². The molecule has 0 aromatic heterocycles. The lowest BCUT2D eigenvalue weighted by atomic mass is 9.83. The summed E-state index contributed by atoms with van der Waals surface area (Å²) in [6, 6.07) is 14.0. The SMILES string of the molecule is COc1ccc(C(=O)Oc2ccc(/C=C3\CCCC(CN(C)C)C3=O)cc2)cc1. The maximum Gasteiger partial charge on any atom is 0.343 e. The molecular weight excluding hydrogens is 366 g/mol. The van der Waals surface area contributed by atoms with Crippen molar-refractivity contribution in [2.45, 2.75) is 19.3 Å². The summed E-state index contributed by atoms with van der Waals surface area (Å²) in [4.78, 5) is 27.0. The van der Waals surface area contributed by atoms with Crippen molar-refractivity contribution in [2.24, 2.45) is 5.92 Å². The lowest BCUT2D eigenvalue weighted by molar-refractivity contribution is -0.120.